The number of alkyl halides is 1. The zero-order valence-electron chi connectivity index (χ0n) is 5.36. The molecule has 0 N–H and O–H groups in total. The zero-order valence-corrected chi connectivity index (χ0v) is 6.12. The SMILES string of the molecule is CCC/C=C\CCCl. The fraction of sp³-hybridized carbons (Fsp3) is 0.714. The Bertz CT molecular complexity index is 49.4. The molecule has 1 heteroatoms. The summed E-state index contributed by atoms with van der Waals surface area (Å²) in [4.78, 5) is 0. The fourth-order valence-corrected chi connectivity index (χ4v) is 0.591. The Balaban J connectivity index is 2.83. The molecule has 0 aromatic rings. The summed E-state index contributed by atoms with van der Waals surface area (Å²) in [5.41, 5.74) is 0. The van der Waals surface area contributed by atoms with Crippen molar-refractivity contribution >= 4 is 11.6 Å². The van der Waals surface area contributed by atoms with Crippen molar-refractivity contribution < 1.29 is 0 Å². The highest BCUT2D eigenvalue weighted by Crippen LogP contribution is 1.91. The van der Waals surface area contributed by atoms with Crippen LogP contribution in [0, 0.1) is 0 Å². The Hall–Kier alpha value is 0.0300. The summed E-state index contributed by atoms with van der Waals surface area (Å²) in [6, 6.07) is 0. The third-order valence-corrected chi connectivity index (χ3v) is 1.12. The molecule has 0 amide bonds. The number of unbranched alkanes of at least 4 members (excludes halogenated alkanes) is 1. The topological polar surface area (TPSA) is 0 Å². The van der Waals surface area contributed by atoms with E-state index in [0.717, 1.165) is 12.3 Å². The molecule has 0 radical (unpaired) electrons. The van der Waals surface area contributed by atoms with Crippen LogP contribution in [0.1, 0.15) is 26.2 Å². The van der Waals surface area contributed by atoms with Crippen molar-refractivity contribution in [2.24, 2.45) is 0 Å². The van der Waals surface area contributed by atoms with Gasteiger partial charge in [0.2, 0.25) is 0 Å². The molecule has 0 aromatic heterocycles. The number of hydrogen-bond acceptors (Lipinski definition) is 0. The first kappa shape index (κ1) is 8.03. The molecular weight excluding hydrogens is 120 g/mol. The van der Waals surface area contributed by atoms with Crippen molar-refractivity contribution in [2.45, 2.75) is 26.2 Å². The van der Waals surface area contributed by atoms with Crippen molar-refractivity contribution in [3.8, 4) is 0 Å². The largest absolute Gasteiger partial charge is 0.126 e. The molecule has 0 unspecified atom stereocenters. The summed E-state index contributed by atoms with van der Waals surface area (Å²) in [5, 5.41) is 0. The second-order valence-corrected chi connectivity index (χ2v) is 2.12. The molecule has 0 bridgehead atoms. The average Bonchev–Trinajstić information content (AvgIpc) is 1.81. The minimum atomic E-state index is 0.750. The maximum Gasteiger partial charge on any atom is 0.0257 e. The van der Waals surface area contributed by atoms with Crippen molar-refractivity contribution in [1.82, 2.24) is 0 Å². The molecule has 0 atom stereocenters. The van der Waals surface area contributed by atoms with E-state index in [2.05, 4.69) is 19.1 Å². The normalized spacial score (nSPS) is 10.8. The predicted molar refractivity (Wildman–Crippen MR) is 39.4 cm³/mol. The van der Waals surface area contributed by atoms with E-state index < -0.39 is 0 Å². The van der Waals surface area contributed by atoms with E-state index in [1.54, 1.807) is 0 Å². The molecule has 0 aromatic carbocycles. The molecule has 0 nitrogen and oxygen atoms in total. The standard InChI is InChI=1S/C7H13Cl/c1-2-3-4-5-6-7-8/h4-5H,2-3,6-7H2,1H3/b5-4-. The van der Waals surface area contributed by atoms with Gasteiger partial charge >= 0.3 is 0 Å². The molecule has 0 rings (SSSR count). The van der Waals surface area contributed by atoms with Gasteiger partial charge in [0, 0.05) is 5.88 Å². The van der Waals surface area contributed by atoms with Crippen LogP contribution in [-0.2, 0) is 0 Å². The Morgan fingerprint density at radius 1 is 1.25 bits per heavy atom. The number of rotatable bonds is 4. The minimum absolute atomic E-state index is 0.750. The maximum absolute atomic E-state index is 5.43. The van der Waals surface area contributed by atoms with E-state index in [4.69, 9.17) is 11.6 Å². The summed E-state index contributed by atoms with van der Waals surface area (Å²) in [6.07, 6.45) is 7.76. The van der Waals surface area contributed by atoms with Gasteiger partial charge in [-0.05, 0) is 12.8 Å². The van der Waals surface area contributed by atoms with Crippen LogP contribution in [0.5, 0.6) is 0 Å². The van der Waals surface area contributed by atoms with Crippen molar-refractivity contribution in [3.05, 3.63) is 12.2 Å². The lowest BCUT2D eigenvalue weighted by Crippen LogP contribution is -1.66. The van der Waals surface area contributed by atoms with Gasteiger partial charge in [-0.1, -0.05) is 25.5 Å². The summed E-state index contributed by atoms with van der Waals surface area (Å²) in [6.45, 7) is 2.17. The van der Waals surface area contributed by atoms with Gasteiger partial charge in [-0.25, -0.2) is 0 Å². The van der Waals surface area contributed by atoms with Gasteiger partial charge in [0.05, 0.1) is 0 Å². The Labute approximate surface area is 56.5 Å². The van der Waals surface area contributed by atoms with Crippen LogP contribution in [0.4, 0.5) is 0 Å². The van der Waals surface area contributed by atoms with Crippen LogP contribution in [0.3, 0.4) is 0 Å². The molecule has 8 heavy (non-hydrogen) atoms. The van der Waals surface area contributed by atoms with Crippen molar-refractivity contribution in [2.75, 3.05) is 5.88 Å². The average molecular weight is 133 g/mol. The van der Waals surface area contributed by atoms with Gasteiger partial charge < -0.3 is 0 Å². The summed E-state index contributed by atoms with van der Waals surface area (Å²) < 4.78 is 0. The number of allylic oxidation sites excluding steroid dienone is 2. The van der Waals surface area contributed by atoms with Crippen LogP contribution in [0.25, 0.3) is 0 Å². The van der Waals surface area contributed by atoms with E-state index in [1.165, 1.54) is 12.8 Å². The molecule has 0 aliphatic heterocycles. The van der Waals surface area contributed by atoms with Crippen LogP contribution in [-0.4, -0.2) is 5.88 Å². The molecule has 0 spiro atoms. The maximum atomic E-state index is 5.43. The Kier molecular flexibility index (Phi) is 7.06. The van der Waals surface area contributed by atoms with Crippen molar-refractivity contribution in [3.63, 3.8) is 0 Å². The Morgan fingerprint density at radius 2 is 1.88 bits per heavy atom. The number of hydrogen-bond donors (Lipinski definition) is 0. The van der Waals surface area contributed by atoms with E-state index in [-0.39, 0.29) is 0 Å². The van der Waals surface area contributed by atoms with Crippen LogP contribution >= 0.6 is 11.6 Å². The van der Waals surface area contributed by atoms with Crippen LogP contribution < -0.4 is 0 Å². The van der Waals surface area contributed by atoms with E-state index in [9.17, 15) is 0 Å². The Morgan fingerprint density at radius 3 is 2.38 bits per heavy atom. The lowest BCUT2D eigenvalue weighted by atomic mass is 10.3. The highest BCUT2D eigenvalue weighted by molar-refractivity contribution is 6.17. The molecule has 0 heterocycles. The fourth-order valence-electron chi connectivity index (χ4n) is 0.465. The minimum Gasteiger partial charge on any atom is -0.126 e. The molecular formula is C7H13Cl. The van der Waals surface area contributed by atoms with Gasteiger partial charge in [0.15, 0.2) is 0 Å². The highest BCUT2D eigenvalue weighted by Gasteiger charge is 1.73. The van der Waals surface area contributed by atoms with E-state index in [1.807, 2.05) is 0 Å². The second-order valence-electron chi connectivity index (χ2n) is 1.74. The monoisotopic (exact) mass is 132 g/mol. The first-order valence-electron chi connectivity index (χ1n) is 3.12. The first-order chi connectivity index (χ1) is 3.91. The van der Waals surface area contributed by atoms with E-state index >= 15 is 0 Å². The molecule has 0 saturated carbocycles. The first-order valence-corrected chi connectivity index (χ1v) is 3.66. The quantitative estimate of drug-likeness (QED) is 0.408. The third kappa shape index (κ3) is 6.03. The molecule has 0 saturated heterocycles. The second kappa shape index (κ2) is 7.03. The van der Waals surface area contributed by atoms with Gasteiger partial charge in [-0.15, -0.1) is 11.6 Å². The lowest BCUT2D eigenvalue weighted by Gasteiger charge is -1.82. The van der Waals surface area contributed by atoms with Gasteiger partial charge in [-0.2, -0.15) is 0 Å². The summed E-state index contributed by atoms with van der Waals surface area (Å²) in [5.74, 6) is 0.750. The smallest absolute Gasteiger partial charge is 0.0257 e. The lowest BCUT2D eigenvalue weighted by molar-refractivity contribution is 0.952. The van der Waals surface area contributed by atoms with Gasteiger partial charge in [-0.3, -0.25) is 0 Å². The zero-order chi connectivity index (χ0) is 6.24. The van der Waals surface area contributed by atoms with Crippen LogP contribution in [0.2, 0.25) is 0 Å². The third-order valence-electron chi connectivity index (χ3n) is 0.898. The van der Waals surface area contributed by atoms with Gasteiger partial charge in [0.1, 0.15) is 0 Å². The van der Waals surface area contributed by atoms with Crippen LogP contribution in [0.15, 0.2) is 12.2 Å². The predicted octanol–water partition coefficient (Wildman–Crippen LogP) is 2.97. The van der Waals surface area contributed by atoms with Gasteiger partial charge in [0.25, 0.3) is 0 Å². The number of halogens is 1. The molecule has 48 valence electrons. The van der Waals surface area contributed by atoms with E-state index in [0.29, 0.717) is 0 Å². The van der Waals surface area contributed by atoms with Crippen molar-refractivity contribution in [1.29, 1.82) is 0 Å². The highest BCUT2D eigenvalue weighted by atomic mass is 35.5. The summed E-state index contributed by atoms with van der Waals surface area (Å²) in [7, 11) is 0. The summed E-state index contributed by atoms with van der Waals surface area (Å²) >= 11 is 5.43. The molecule has 0 aliphatic carbocycles. The molecule has 0 aliphatic rings. The molecule has 0 fully saturated rings.